The van der Waals surface area contributed by atoms with Crippen molar-refractivity contribution in [2.45, 2.75) is 6.54 Å². The summed E-state index contributed by atoms with van der Waals surface area (Å²) in [6, 6.07) is 11.3. The molecule has 0 spiro atoms. The van der Waals surface area contributed by atoms with Crippen LogP contribution in [-0.4, -0.2) is 36.3 Å². The molecule has 0 fully saturated rings. The largest absolute Gasteiger partial charge is 0.454 e. The summed E-state index contributed by atoms with van der Waals surface area (Å²) in [7, 11) is 1.72. The molecule has 1 aromatic carbocycles. The van der Waals surface area contributed by atoms with E-state index in [1.807, 2.05) is 0 Å². The Morgan fingerprint density at radius 1 is 1.06 bits per heavy atom. The smallest absolute Gasteiger partial charge is 0.404 e. The van der Waals surface area contributed by atoms with Gasteiger partial charge in [-0.05, 0) is 63.3 Å². The molecule has 0 radical (unpaired) electrons. The number of anilines is 2. The van der Waals surface area contributed by atoms with E-state index in [0.717, 1.165) is 0 Å². The van der Waals surface area contributed by atoms with Crippen LogP contribution >= 0.6 is 15.9 Å². The van der Waals surface area contributed by atoms with Crippen molar-refractivity contribution in [2.24, 2.45) is 7.05 Å². The minimum Gasteiger partial charge on any atom is -0.454 e. The van der Waals surface area contributed by atoms with Gasteiger partial charge < -0.3 is 25.2 Å². The molecule has 3 aromatic heterocycles. The van der Waals surface area contributed by atoms with E-state index in [4.69, 9.17) is 4.42 Å². The Balaban J connectivity index is 1.35. The van der Waals surface area contributed by atoms with Gasteiger partial charge in [-0.25, -0.2) is 0 Å². The number of benzene rings is 1. The van der Waals surface area contributed by atoms with Crippen molar-refractivity contribution in [3.63, 3.8) is 0 Å². The fraction of sp³-hybridized carbons (Fsp3) is 0.100. The number of nitrogens with one attached hydrogen (secondary N) is 2. The maximum atomic E-state index is 12.5. The van der Waals surface area contributed by atoms with Crippen molar-refractivity contribution in [1.82, 2.24) is 19.6 Å². The lowest BCUT2D eigenvalue weighted by Gasteiger charge is -2.06. The zero-order valence-electron chi connectivity index (χ0n) is 17.1. The average molecular weight is 514 g/mol. The molecule has 2 amide bonds. The van der Waals surface area contributed by atoms with E-state index in [1.165, 1.54) is 21.6 Å². The summed E-state index contributed by atoms with van der Waals surface area (Å²) < 4.78 is 8.65. The van der Waals surface area contributed by atoms with Crippen molar-refractivity contribution in [2.75, 3.05) is 10.6 Å². The predicted octanol–water partition coefficient (Wildman–Crippen LogP) is 3.43. The van der Waals surface area contributed by atoms with Crippen molar-refractivity contribution >= 4 is 44.9 Å². The van der Waals surface area contributed by atoms with Gasteiger partial charge in [-0.3, -0.25) is 14.3 Å². The van der Waals surface area contributed by atoms with Gasteiger partial charge in [-0.15, -0.1) is 0 Å². The van der Waals surface area contributed by atoms with Crippen LogP contribution in [0.1, 0.15) is 26.8 Å². The molecule has 168 valence electrons. The van der Waals surface area contributed by atoms with Gasteiger partial charge in [0.25, 0.3) is 11.8 Å². The van der Waals surface area contributed by atoms with Crippen LogP contribution in [0.2, 0.25) is 0 Å². The van der Waals surface area contributed by atoms with Crippen molar-refractivity contribution in [1.29, 1.82) is 0 Å². The lowest BCUT2D eigenvalue weighted by atomic mass is 10.2. The Labute approximate surface area is 194 Å². The van der Waals surface area contributed by atoms with Gasteiger partial charge in [-0.1, -0.05) is 0 Å². The summed E-state index contributed by atoms with van der Waals surface area (Å²) in [5.74, 6) is -0.653. The number of rotatable bonds is 7. The normalized spacial score (nSPS) is 10.7. The number of aryl methyl sites for hydroxylation is 1. The second-order valence-electron chi connectivity index (χ2n) is 6.88. The first-order chi connectivity index (χ1) is 15.8. The molecule has 0 aliphatic carbocycles. The number of hydrogen-bond donors (Lipinski definition) is 2. The van der Waals surface area contributed by atoms with E-state index in [0.29, 0.717) is 22.8 Å². The maximum Gasteiger partial charge on any atom is 0.404 e. The number of carbonyl (C=O) groups excluding carboxylic acids is 2. The number of hydrogen-bond acceptors (Lipinski definition) is 7. The quantitative estimate of drug-likeness (QED) is 0.283. The monoisotopic (exact) mass is 513 g/mol. The summed E-state index contributed by atoms with van der Waals surface area (Å²) in [5, 5.41) is 24.2. The summed E-state index contributed by atoms with van der Waals surface area (Å²) in [6.07, 6.45) is 3.13. The summed E-state index contributed by atoms with van der Waals surface area (Å²) in [4.78, 5) is 34.9. The van der Waals surface area contributed by atoms with Crippen LogP contribution in [0.25, 0.3) is 0 Å². The van der Waals surface area contributed by atoms with Crippen LogP contribution in [-0.2, 0) is 13.6 Å². The van der Waals surface area contributed by atoms with Gasteiger partial charge in [0.2, 0.25) is 0 Å². The molecule has 4 aromatic rings. The highest BCUT2D eigenvalue weighted by Crippen LogP contribution is 2.23. The highest BCUT2D eigenvalue weighted by atomic mass is 79.9. The average Bonchev–Trinajstić information content (AvgIpc) is 3.50. The molecule has 0 aliphatic rings. The molecule has 13 heteroatoms. The first-order valence-corrected chi connectivity index (χ1v) is 10.3. The molecule has 4 rings (SSSR count). The van der Waals surface area contributed by atoms with Gasteiger partial charge in [-0.2, -0.15) is 9.78 Å². The summed E-state index contributed by atoms with van der Waals surface area (Å²) >= 11 is 3.08. The minimum absolute atomic E-state index is 0.0678. The number of amides is 2. The van der Waals surface area contributed by atoms with Crippen molar-refractivity contribution < 1.29 is 18.9 Å². The Morgan fingerprint density at radius 2 is 1.73 bits per heavy atom. The molecule has 0 saturated carbocycles. The summed E-state index contributed by atoms with van der Waals surface area (Å²) in [6.45, 7) is 0.115. The molecule has 3 heterocycles. The Bertz CT molecular complexity index is 1340. The van der Waals surface area contributed by atoms with Crippen LogP contribution in [0.3, 0.4) is 0 Å². The third-order valence-corrected chi connectivity index (χ3v) is 4.98. The molecule has 33 heavy (non-hydrogen) atoms. The molecule has 0 saturated heterocycles. The second kappa shape index (κ2) is 9.08. The zero-order valence-corrected chi connectivity index (χ0v) is 18.6. The molecule has 0 aliphatic heterocycles. The van der Waals surface area contributed by atoms with Gasteiger partial charge in [0.05, 0.1) is 11.3 Å². The second-order valence-corrected chi connectivity index (χ2v) is 7.74. The van der Waals surface area contributed by atoms with E-state index in [9.17, 15) is 19.7 Å². The lowest BCUT2D eigenvalue weighted by Crippen LogP contribution is -2.13. The van der Waals surface area contributed by atoms with Crippen LogP contribution in [0.4, 0.5) is 17.2 Å². The molecular weight excluding hydrogens is 498 g/mol. The first kappa shape index (κ1) is 22.0. The minimum atomic E-state index is -0.600. The number of halogens is 1. The van der Waals surface area contributed by atoms with E-state index in [-0.39, 0.29) is 28.5 Å². The third-order valence-electron chi connectivity index (χ3n) is 4.42. The van der Waals surface area contributed by atoms with E-state index >= 15 is 0 Å². The van der Waals surface area contributed by atoms with Gasteiger partial charge in [0.15, 0.2) is 11.5 Å². The number of nitrogens with zero attached hydrogens (tertiary/aromatic N) is 5. The van der Waals surface area contributed by atoms with Crippen molar-refractivity contribution in [3.8, 4) is 0 Å². The van der Waals surface area contributed by atoms with Gasteiger partial charge in [0, 0.05) is 24.6 Å². The Kier molecular flexibility index (Phi) is 6.04. The third kappa shape index (κ3) is 5.15. The van der Waals surface area contributed by atoms with Gasteiger partial charge >= 0.3 is 5.82 Å². The molecule has 0 atom stereocenters. The fourth-order valence-electron chi connectivity index (χ4n) is 2.90. The zero-order chi connectivity index (χ0) is 23.5. The molecule has 0 bridgehead atoms. The van der Waals surface area contributed by atoms with E-state index in [2.05, 4.69) is 36.8 Å². The molecular formula is C20H16BrN7O5. The summed E-state index contributed by atoms with van der Waals surface area (Å²) in [5.41, 5.74) is 1.34. The van der Waals surface area contributed by atoms with Crippen LogP contribution in [0.15, 0.2) is 63.7 Å². The number of aromatic nitrogens is 4. The maximum absolute atomic E-state index is 12.5. The van der Waals surface area contributed by atoms with Gasteiger partial charge in [0.1, 0.15) is 16.8 Å². The van der Waals surface area contributed by atoms with Crippen LogP contribution in [0, 0.1) is 10.1 Å². The SMILES string of the molecule is Cn1ccc(C(=O)Nc2ccc(NC(=O)c3ccc(Cn4cc(Br)c([N+](=O)[O-])n4)o3)cc2)n1. The van der Waals surface area contributed by atoms with E-state index in [1.54, 1.807) is 49.6 Å². The van der Waals surface area contributed by atoms with Crippen LogP contribution in [0.5, 0.6) is 0 Å². The Morgan fingerprint density at radius 3 is 2.30 bits per heavy atom. The number of nitro groups is 1. The molecule has 0 unspecified atom stereocenters. The standard InChI is InChI=1S/C20H16BrN7O5/c1-26-9-8-16(24-26)19(29)22-12-2-4-13(5-3-12)23-20(30)17-7-6-14(33-17)10-27-11-15(21)18(25-27)28(31)32/h2-9,11H,10H2,1H3,(H,22,29)(H,23,30). The van der Waals surface area contributed by atoms with Crippen LogP contribution < -0.4 is 10.6 Å². The molecule has 2 N–H and O–H groups in total. The molecule has 12 nitrogen and oxygen atoms in total. The van der Waals surface area contributed by atoms with E-state index < -0.39 is 10.8 Å². The lowest BCUT2D eigenvalue weighted by molar-refractivity contribution is -0.390. The fourth-order valence-corrected chi connectivity index (χ4v) is 3.36. The van der Waals surface area contributed by atoms with Crippen molar-refractivity contribution in [3.05, 3.63) is 86.7 Å². The topological polar surface area (TPSA) is 150 Å². The predicted molar refractivity (Wildman–Crippen MR) is 120 cm³/mol. The number of carbonyl (C=O) groups is 2. The highest BCUT2D eigenvalue weighted by molar-refractivity contribution is 9.10. The first-order valence-electron chi connectivity index (χ1n) is 9.47. The highest BCUT2D eigenvalue weighted by Gasteiger charge is 2.20. The Hall–Kier alpha value is -4.26. The number of furan rings is 1.